The van der Waals surface area contributed by atoms with Gasteiger partial charge >= 0.3 is 0 Å². The van der Waals surface area contributed by atoms with Crippen LogP contribution in [0.1, 0.15) is 18.4 Å². The number of aryl methyl sites for hydroxylation is 1. The van der Waals surface area contributed by atoms with E-state index in [0.717, 1.165) is 31.5 Å². The van der Waals surface area contributed by atoms with Crippen LogP contribution in [0.25, 0.3) is 10.9 Å². The van der Waals surface area contributed by atoms with Crippen molar-refractivity contribution in [2.45, 2.75) is 25.3 Å². The molecule has 2 aromatic rings. The lowest BCUT2D eigenvalue weighted by Crippen LogP contribution is -2.46. The lowest BCUT2D eigenvalue weighted by Gasteiger charge is -2.30. The van der Waals surface area contributed by atoms with Crippen molar-refractivity contribution in [3.8, 4) is 0 Å². The van der Waals surface area contributed by atoms with E-state index in [1.165, 1.54) is 10.9 Å². The maximum absolute atomic E-state index is 12.3. The van der Waals surface area contributed by atoms with Gasteiger partial charge in [0.15, 0.2) is 0 Å². The fraction of sp³-hybridized carbons (Fsp3) is 0.471. The highest BCUT2D eigenvalue weighted by molar-refractivity contribution is 5.89. The van der Waals surface area contributed by atoms with Gasteiger partial charge in [-0.2, -0.15) is 0 Å². The molecule has 0 radical (unpaired) electrons. The average molecular weight is 285 g/mol. The predicted octanol–water partition coefficient (Wildman–Crippen LogP) is 1.93. The van der Waals surface area contributed by atoms with Gasteiger partial charge in [0, 0.05) is 36.7 Å². The molecule has 0 aliphatic carbocycles. The third kappa shape index (κ3) is 3.10. The van der Waals surface area contributed by atoms with Gasteiger partial charge in [-0.25, -0.2) is 0 Å². The van der Waals surface area contributed by atoms with Gasteiger partial charge in [-0.3, -0.25) is 4.79 Å². The van der Waals surface area contributed by atoms with E-state index in [4.69, 9.17) is 0 Å². The summed E-state index contributed by atoms with van der Waals surface area (Å²) in [5.74, 6) is 0.131. The number of benzene rings is 1. The summed E-state index contributed by atoms with van der Waals surface area (Å²) in [7, 11) is 4.14. The van der Waals surface area contributed by atoms with Gasteiger partial charge in [-0.05, 0) is 38.1 Å². The van der Waals surface area contributed by atoms with Gasteiger partial charge in [0.05, 0.1) is 6.42 Å². The highest BCUT2D eigenvalue weighted by Crippen LogP contribution is 2.20. The number of hydrogen-bond acceptors (Lipinski definition) is 2. The molecule has 2 heterocycles. The van der Waals surface area contributed by atoms with Gasteiger partial charge in [0.25, 0.3) is 0 Å². The lowest BCUT2D eigenvalue weighted by molar-refractivity contribution is -0.121. The molecule has 1 N–H and O–H groups in total. The molecule has 1 aromatic carbocycles. The summed E-state index contributed by atoms with van der Waals surface area (Å²) in [5.41, 5.74) is 2.28. The molecule has 112 valence electrons. The molecule has 1 fully saturated rings. The Morgan fingerprint density at radius 2 is 2.14 bits per heavy atom. The first-order chi connectivity index (χ1) is 10.1. The van der Waals surface area contributed by atoms with E-state index in [2.05, 4.69) is 40.2 Å². The summed E-state index contributed by atoms with van der Waals surface area (Å²) in [6, 6.07) is 8.54. The SMILES string of the molecule is CN1CCC[C@@H](NC(=O)Cc2cn(C)c3ccccc23)C1. The fourth-order valence-electron chi connectivity index (χ4n) is 3.30. The normalized spacial score (nSPS) is 19.8. The Morgan fingerprint density at radius 3 is 2.95 bits per heavy atom. The van der Waals surface area contributed by atoms with Crippen LogP contribution in [0.15, 0.2) is 30.5 Å². The van der Waals surface area contributed by atoms with Crippen molar-refractivity contribution in [2.24, 2.45) is 7.05 Å². The van der Waals surface area contributed by atoms with E-state index >= 15 is 0 Å². The van der Waals surface area contributed by atoms with Crippen molar-refractivity contribution >= 4 is 16.8 Å². The van der Waals surface area contributed by atoms with E-state index < -0.39 is 0 Å². The van der Waals surface area contributed by atoms with Crippen molar-refractivity contribution < 1.29 is 4.79 Å². The molecule has 4 heteroatoms. The summed E-state index contributed by atoms with van der Waals surface area (Å²) in [6.45, 7) is 2.09. The third-order valence-corrected chi connectivity index (χ3v) is 4.32. The molecule has 4 nitrogen and oxygen atoms in total. The van der Waals surface area contributed by atoms with Crippen molar-refractivity contribution in [3.05, 3.63) is 36.0 Å². The van der Waals surface area contributed by atoms with E-state index in [0.29, 0.717) is 12.5 Å². The number of fused-ring (bicyclic) bond motifs is 1. The molecule has 0 bridgehead atoms. The zero-order chi connectivity index (χ0) is 14.8. The van der Waals surface area contributed by atoms with Crippen LogP contribution >= 0.6 is 0 Å². The quantitative estimate of drug-likeness (QED) is 0.935. The molecule has 1 aromatic heterocycles. The van der Waals surface area contributed by atoms with Crippen LogP contribution in [0.5, 0.6) is 0 Å². The van der Waals surface area contributed by atoms with Gasteiger partial charge in [-0.1, -0.05) is 18.2 Å². The number of carbonyl (C=O) groups is 1. The number of likely N-dealkylation sites (N-methyl/N-ethyl adjacent to an activating group) is 1. The van der Waals surface area contributed by atoms with Crippen LogP contribution in [-0.4, -0.2) is 41.6 Å². The van der Waals surface area contributed by atoms with Crippen LogP contribution in [0.4, 0.5) is 0 Å². The first-order valence-electron chi connectivity index (χ1n) is 7.64. The molecule has 1 atom stereocenters. The Morgan fingerprint density at radius 1 is 1.33 bits per heavy atom. The van der Waals surface area contributed by atoms with Gasteiger partial charge < -0.3 is 14.8 Å². The summed E-state index contributed by atoms with van der Waals surface area (Å²) < 4.78 is 2.09. The molecule has 0 saturated carbocycles. The molecule has 1 amide bonds. The number of amides is 1. The number of nitrogens with zero attached hydrogens (tertiary/aromatic N) is 2. The topological polar surface area (TPSA) is 37.3 Å². The summed E-state index contributed by atoms with van der Waals surface area (Å²) >= 11 is 0. The number of para-hydroxylation sites is 1. The molecular weight excluding hydrogens is 262 g/mol. The predicted molar refractivity (Wildman–Crippen MR) is 85.3 cm³/mol. The van der Waals surface area contributed by atoms with Crippen molar-refractivity contribution in [2.75, 3.05) is 20.1 Å². The van der Waals surface area contributed by atoms with Crippen molar-refractivity contribution in [1.29, 1.82) is 0 Å². The Labute approximate surface area is 125 Å². The molecular formula is C17H23N3O. The number of aromatic nitrogens is 1. The highest BCUT2D eigenvalue weighted by Gasteiger charge is 2.19. The average Bonchev–Trinajstić information content (AvgIpc) is 2.76. The zero-order valence-electron chi connectivity index (χ0n) is 12.8. The number of likely N-dealkylation sites (tertiary alicyclic amines) is 1. The Hall–Kier alpha value is -1.81. The van der Waals surface area contributed by atoms with Crippen LogP contribution in [0, 0.1) is 0 Å². The maximum atomic E-state index is 12.3. The van der Waals surface area contributed by atoms with Crippen LogP contribution < -0.4 is 5.32 Å². The summed E-state index contributed by atoms with van der Waals surface area (Å²) in [5, 5.41) is 4.36. The molecule has 0 unspecified atom stereocenters. The minimum Gasteiger partial charge on any atom is -0.352 e. The second kappa shape index (κ2) is 5.90. The largest absolute Gasteiger partial charge is 0.352 e. The van der Waals surface area contributed by atoms with E-state index in [9.17, 15) is 4.79 Å². The van der Waals surface area contributed by atoms with Crippen molar-refractivity contribution in [3.63, 3.8) is 0 Å². The molecule has 3 rings (SSSR count). The first kappa shape index (κ1) is 14.1. The summed E-state index contributed by atoms with van der Waals surface area (Å²) in [4.78, 5) is 14.6. The Balaban J connectivity index is 1.69. The van der Waals surface area contributed by atoms with E-state index in [1.54, 1.807) is 0 Å². The molecule has 1 aliphatic heterocycles. The second-order valence-electron chi connectivity index (χ2n) is 6.13. The van der Waals surface area contributed by atoms with Crippen molar-refractivity contribution in [1.82, 2.24) is 14.8 Å². The van der Waals surface area contributed by atoms with Crippen LogP contribution in [0.2, 0.25) is 0 Å². The minimum absolute atomic E-state index is 0.131. The maximum Gasteiger partial charge on any atom is 0.224 e. The number of carbonyl (C=O) groups excluding carboxylic acids is 1. The zero-order valence-corrected chi connectivity index (χ0v) is 12.8. The lowest BCUT2D eigenvalue weighted by atomic mass is 10.1. The second-order valence-corrected chi connectivity index (χ2v) is 6.13. The van der Waals surface area contributed by atoms with Gasteiger partial charge in [-0.15, -0.1) is 0 Å². The van der Waals surface area contributed by atoms with Gasteiger partial charge in [0.1, 0.15) is 0 Å². The highest BCUT2D eigenvalue weighted by atomic mass is 16.1. The van der Waals surface area contributed by atoms with Crippen LogP contribution in [0.3, 0.4) is 0 Å². The smallest absolute Gasteiger partial charge is 0.224 e. The number of nitrogens with one attached hydrogen (secondary N) is 1. The van der Waals surface area contributed by atoms with Gasteiger partial charge in [0.2, 0.25) is 5.91 Å². The minimum atomic E-state index is 0.131. The van der Waals surface area contributed by atoms with E-state index in [-0.39, 0.29) is 5.91 Å². The summed E-state index contributed by atoms with van der Waals surface area (Å²) in [6.07, 6.45) is 4.78. The standard InChI is InChI=1S/C17H23N3O/c1-19-9-5-6-14(12-19)18-17(21)10-13-11-20(2)16-8-4-3-7-15(13)16/h3-4,7-8,11,14H,5-6,9-10,12H2,1-2H3,(H,18,21)/t14-/m1/s1. The number of piperidine rings is 1. The Bertz CT molecular complexity index is 647. The molecule has 0 spiro atoms. The third-order valence-electron chi connectivity index (χ3n) is 4.32. The number of hydrogen-bond donors (Lipinski definition) is 1. The molecule has 1 aliphatic rings. The number of rotatable bonds is 3. The molecule has 21 heavy (non-hydrogen) atoms. The monoisotopic (exact) mass is 285 g/mol. The Kier molecular flexibility index (Phi) is 3.97. The fourth-order valence-corrected chi connectivity index (χ4v) is 3.30. The first-order valence-corrected chi connectivity index (χ1v) is 7.64. The molecule has 1 saturated heterocycles. The van der Waals surface area contributed by atoms with Crippen LogP contribution in [-0.2, 0) is 18.3 Å². The van der Waals surface area contributed by atoms with E-state index in [1.807, 2.05) is 19.2 Å².